The molecule has 18 heavy (non-hydrogen) atoms. The lowest BCUT2D eigenvalue weighted by Gasteiger charge is -2.17. The standard InChI is InChI=1S/C12H20N2O3S/c1-8-5-6-11(13)10(3)12(8)18(15,16)14-9(2)7-17-4/h5-6,9,14H,7,13H2,1-4H3. The number of nitrogen functional groups attached to an aromatic ring is 1. The molecule has 1 rings (SSSR count). The van der Waals surface area contributed by atoms with Crippen LogP contribution in [0.15, 0.2) is 17.0 Å². The van der Waals surface area contributed by atoms with Gasteiger partial charge in [0, 0.05) is 18.8 Å². The van der Waals surface area contributed by atoms with Crippen LogP contribution in [0.2, 0.25) is 0 Å². The number of ether oxygens (including phenoxy) is 1. The first kappa shape index (κ1) is 14.9. The predicted octanol–water partition coefficient (Wildman–Crippen LogP) is 1.20. The first-order valence-corrected chi connectivity index (χ1v) is 7.15. The van der Waals surface area contributed by atoms with E-state index in [1.54, 1.807) is 32.9 Å². The van der Waals surface area contributed by atoms with Crippen LogP contribution in [0.1, 0.15) is 18.1 Å². The number of benzene rings is 1. The molecule has 1 aromatic rings. The highest BCUT2D eigenvalue weighted by molar-refractivity contribution is 7.89. The van der Waals surface area contributed by atoms with Crippen LogP contribution >= 0.6 is 0 Å². The average molecular weight is 272 g/mol. The molecule has 0 aliphatic heterocycles. The monoisotopic (exact) mass is 272 g/mol. The minimum atomic E-state index is -3.58. The molecule has 0 saturated heterocycles. The van der Waals surface area contributed by atoms with E-state index < -0.39 is 10.0 Å². The number of hydrogen-bond donors (Lipinski definition) is 2. The zero-order chi connectivity index (χ0) is 13.9. The Morgan fingerprint density at radius 2 is 2.00 bits per heavy atom. The second-order valence-electron chi connectivity index (χ2n) is 4.40. The lowest BCUT2D eigenvalue weighted by atomic mass is 10.1. The van der Waals surface area contributed by atoms with Gasteiger partial charge >= 0.3 is 0 Å². The van der Waals surface area contributed by atoms with Gasteiger partial charge in [-0.15, -0.1) is 0 Å². The van der Waals surface area contributed by atoms with Crippen molar-refractivity contribution in [3.05, 3.63) is 23.3 Å². The summed E-state index contributed by atoms with van der Waals surface area (Å²) in [5.41, 5.74) is 7.49. The largest absolute Gasteiger partial charge is 0.398 e. The summed E-state index contributed by atoms with van der Waals surface area (Å²) in [6.45, 7) is 5.53. The molecule has 0 radical (unpaired) electrons. The van der Waals surface area contributed by atoms with Gasteiger partial charge in [-0.05, 0) is 38.0 Å². The lowest BCUT2D eigenvalue weighted by Crippen LogP contribution is -2.36. The number of anilines is 1. The number of nitrogens with two attached hydrogens (primary N) is 1. The van der Waals surface area contributed by atoms with Gasteiger partial charge in [0.15, 0.2) is 0 Å². The van der Waals surface area contributed by atoms with Gasteiger partial charge in [0.2, 0.25) is 10.0 Å². The second-order valence-corrected chi connectivity index (χ2v) is 6.05. The third-order valence-electron chi connectivity index (χ3n) is 2.69. The van der Waals surface area contributed by atoms with E-state index in [-0.39, 0.29) is 10.9 Å². The molecule has 0 fully saturated rings. The van der Waals surface area contributed by atoms with Crippen LogP contribution in [0.5, 0.6) is 0 Å². The van der Waals surface area contributed by atoms with Crippen molar-refractivity contribution in [1.82, 2.24) is 4.72 Å². The van der Waals surface area contributed by atoms with Crippen LogP contribution in [0.3, 0.4) is 0 Å². The summed E-state index contributed by atoms with van der Waals surface area (Å²) in [6, 6.07) is 3.13. The van der Waals surface area contributed by atoms with Crippen molar-refractivity contribution < 1.29 is 13.2 Å². The van der Waals surface area contributed by atoms with Crippen LogP contribution in [0.25, 0.3) is 0 Å². The maximum absolute atomic E-state index is 12.3. The molecule has 0 aliphatic carbocycles. The molecule has 1 aromatic carbocycles. The first-order chi connectivity index (χ1) is 8.29. The smallest absolute Gasteiger partial charge is 0.241 e. The van der Waals surface area contributed by atoms with Crippen molar-refractivity contribution in [2.75, 3.05) is 19.5 Å². The highest BCUT2D eigenvalue weighted by atomic mass is 32.2. The third kappa shape index (κ3) is 3.22. The molecule has 3 N–H and O–H groups in total. The van der Waals surface area contributed by atoms with Gasteiger partial charge < -0.3 is 10.5 Å². The normalized spacial score (nSPS) is 13.6. The molecule has 0 bridgehead atoms. The zero-order valence-electron chi connectivity index (χ0n) is 11.1. The van der Waals surface area contributed by atoms with E-state index in [0.29, 0.717) is 23.4 Å². The summed E-state index contributed by atoms with van der Waals surface area (Å²) in [4.78, 5) is 0.255. The van der Waals surface area contributed by atoms with Crippen LogP contribution < -0.4 is 10.5 Å². The van der Waals surface area contributed by atoms with Gasteiger partial charge in [0.25, 0.3) is 0 Å². The molecule has 0 aliphatic rings. The molecular weight excluding hydrogens is 252 g/mol. The van der Waals surface area contributed by atoms with Gasteiger partial charge in [0.05, 0.1) is 11.5 Å². The minimum Gasteiger partial charge on any atom is -0.398 e. The van der Waals surface area contributed by atoms with E-state index in [1.807, 2.05) is 0 Å². The Morgan fingerprint density at radius 1 is 1.39 bits per heavy atom. The number of rotatable bonds is 5. The molecule has 0 spiro atoms. The summed E-state index contributed by atoms with van der Waals surface area (Å²) in [5.74, 6) is 0. The Labute approximate surface area is 108 Å². The fraction of sp³-hybridized carbons (Fsp3) is 0.500. The summed E-state index contributed by atoms with van der Waals surface area (Å²) in [6.07, 6.45) is 0. The fourth-order valence-corrected chi connectivity index (χ4v) is 3.59. The van der Waals surface area contributed by atoms with Crippen LogP contribution in [0.4, 0.5) is 5.69 Å². The van der Waals surface area contributed by atoms with Crippen LogP contribution in [0, 0.1) is 13.8 Å². The maximum Gasteiger partial charge on any atom is 0.241 e. The van der Waals surface area contributed by atoms with E-state index in [9.17, 15) is 8.42 Å². The van der Waals surface area contributed by atoms with Crippen LogP contribution in [-0.4, -0.2) is 28.2 Å². The first-order valence-electron chi connectivity index (χ1n) is 5.66. The molecule has 0 amide bonds. The highest BCUT2D eigenvalue weighted by Gasteiger charge is 2.22. The Morgan fingerprint density at radius 3 is 2.56 bits per heavy atom. The van der Waals surface area contributed by atoms with Gasteiger partial charge in [-0.3, -0.25) is 0 Å². The van der Waals surface area contributed by atoms with Crippen LogP contribution in [-0.2, 0) is 14.8 Å². The van der Waals surface area contributed by atoms with Gasteiger partial charge in [-0.25, -0.2) is 13.1 Å². The maximum atomic E-state index is 12.3. The Bertz CT molecular complexity index is 526. The van der Waals surface area contributed by atoms with E-state index in [1.165, 1.54) is 7.11 Å². The van der Waals surface area contributed by atoms with E-state index >= 15 is 0 Å². The highest BCUT2D eigenvalue weighted by Crippen LogP contribution is 2.24. The molecule has 0 aromatic heterocycles. The van der Waals surface area contributed by atoms with Crippen molar-refractivity contribution in [3.8, 4) is 0 Å². The summed E-state index contributed by atoms with van der Waals surface area (Å²) in [7, 11) is -2.05. The Balaban J connectivity index is 3.17. The Hall–Kier alpha value is -1.11. The van der Waals surface area contributed by atoms with Crippen molar-refractivity contribution >= 4 is 15.7 Å². The second kappa shape index (κ2) is 5.69. The van der Waals surface area contributed by atoms with E-state index in [4.69, 9.17) is 10.5 Å². The van der Waals surface area contributed by atoms with Gasteiger partial charge in [0.1, 0.15) is 0 Å². The average Bonchev–Trinajstić information content (AvgIpc) is 2.23. The SMILES string of the molecule is COCC(C)NS(=O)(=O)c1c(C)ccc(N)c1C. The topological polar surface area (TPSA) is 81.4 Å². The van der Waals surface area contributed by atoms with Crippen molar-refractivity contribution in [2.45, 2.75) is 31.7 Å². The quantitative estimate of drug-likeness (QED) is 0.789. The van der Waals surface area contributed by atoms with Crippen molar-refractivity contribution in [1.29, 1.82) is 0 Å². The molecule has 6 heteroatoms. The molecule has 5 nitrogen and oxygen atoms in total. The zero-order valence-corrected chi connectivity index (χ0v) is 12.0. The molecule has 0 heterocycles. The van der Waals surface area contributed by atoms with Gasteiger partial charge in [-0.1, -0.05) is 6.07 Å². The molecule has 1 atom stereocenters. The lowest BCUT2D eigenvalue weighted by molar-refractivity contribution is 0.180. The molecule has 102 valence electrons. The van der Waals surface area contributed by atoms with E-state index in [2.05, 4.69) is 4.72 Å². The Kier molecular flexibility index (Phi) is 4.72. The number of nitrogens with one attached hydrogen (secondary N) is 1. The fourth-order valence-electron chi connectivity index (χ4n) is 1.86. The molecule has 0 saturated carbocycles. The van der Waals surface area contributed by atoms with Gasteiger partial charge in [-0.2, -0.15) is 0 Å². The summed E-state index contributed by atoms with van der Waals surface area (Å²) in [5, 5.41) is 0. The van der Waals surface area contributed by atoms with Crippen molar-refractivity contribution in [2.24, 2.45) is 0 Å². The number of aryl methyl sites for hydroxylation is 1. The third-order valence-corrected chi connectivity index (χ3v) is 4.56. The number of sulfonamides is 1. The predicted molar refractivity (Wildman–Crippen MR) is 72.0 cm³/mol. The minimum absolute atomic E-state index is 0.255. The summed E-state index contributed by atoms with van der Waals surface area (Å²) >= 11 is 0. The van der Waals surface area contributed by atoms with E-state index in [0.717, 1.165) is 0 Å². The summed E-state index contributed by atoms with van der Waals surface area (Å²) < 4.78 is 32.1. The number of methoxy groups -OCH3 is 1. The number of hydrogen-bond acceptors (Lipinski definition) is 4. The van der Waals surface area contributed by atoms with Crippen molar-refractivity contribution in [3.63, 3.8) is 0 Å². The molecular formula is C12H20N2O3S. The molecule has 1 unspecified atom stereocenters.